The molecule has 3 nitrogen and oxygen atoms in total. The minimum absolute atomic E-state index is 0.0140. The summed E-state index contributed by atoms with van der Waals surface area (Å²) in [6.07, 6.45) is 5.68. The van der Waals surface area contributed by atoms with Gasteiger partial charge < -0.3 is 0 Å². The lowest BCUT2D eigenvalue weighted by molar-refractivity contribution is 0.416. The molecule has 0 saturated heterocycles. The average Bonchev–Trinajstić information content (AvgIpc) is 3.04. The molecule has 1 saturated carbocycles. The molecule has 0 N–H and O–H groups in total. The number of aromatic nitrogens is 2. The SMILES string of the molecule is CCSc1nc2c(c(=O)n1CC)C1(CCCC1)Cc1ccccc1-2. The fraction of sp³-hybridized carbons (Fsp3) is 0.500. The third-order valence-electron chi connectivity index (χ3n) is 5.62. The van der Waals surface area contributed by atoms with Crippen LogP contribution in [-0.4, -0.2) is 15.3 Å². The van der Waals surface area contributed by atoms with Gasteiger partial charge in [0.2, 0.25) is 0 Å². The molecule has 4 rings (SSSR count). The molecule has 0 unspecified atom stereocenters. The van der Waals surface area contributed by atoms with E-state index in [-0.39, 0.29) is 11.0 Å². The van der Waals surface area contributed by atoms with Gasteiger partial charge in [0.05, 0.1) is 11.3 Å². The molecule has 1 heterocycles. The summed E-state index contributed by atoms with van der Waals surface area (Å²) >= 11 is 1.67. The second-order valence-corrected chi connectivity index (χ2v) is 8.15. The molecule has 0 amide bonds. The quantitative estimate of drug-likeness (QED) is 0.613. The van der Waals surface area contributed by atoms with Crippen LogP contribution in [0.15, 0.2) is 34.2 Å². The molecule has 2 aromatic rings. The Morgan fingerprint density at radius 2 is 1.96 bits per heavy atom. The summed E-state index contributed by atoms with van der Waals surface area (Å²) in [6, 6.07) is 8.54. The van der Waals surface area contributed by atoms with Crippen LogP contribution in [0.2, 0.25) is 0 Å². The number of rotatable bonds is 3. The van der Waals surface area contributed by atoms with E-state index in [1.165, 1.54) is 24.0 Å². The van der Waals surface area contributed by atoms with E-state index >= 15 is 0 Å². The lowest BCUT2D eigenvalue weighted by atomic mass is 9.68. The van der Waals surface area contributed by atoms with Gasteiger partial charge in [-0.15, -0.1) is 0 Å². The van der Waals surface area contributed by atoms with Crippen LogP contribution in [0.3, 0.4) is 0 Å². The van der Waals surface area contributed by atoms with E-state index in [2.05, 4.69) is 31.2 Å². The van der Waals surface area contributed by atoms with E-state index < -0.39 is 0 Å². The smallest absolute Gasteiger partial charge is 0.258 e. The Morgan fingerprint density at radius 1 is 1.21 bits per heavy atom. The maximum Gasteiger partial charge on any atom is 0.258 e. The Balaban J connectivity index is 2.05. The Bertz CT molecular complexity index is 834. The lowest BCUT2D eigenvalue weighted by Gasteiger charge is -2.36. The summed E-state index contributed by atoms with van der Waals surface area (Å²) < 4.78 is 1.89. The van der Waals surface area contributed by atoms with Crippen molar-refractivity contribution in [2.45, 2.75) is 63.1 Å². The van der Waals surface area contributed by atoms with Gasteiger partial charge in [-0.1, -0.05) is 55.8 Å². The molecule has 0 bridgehead atoms. The molecule has 4 heteroatoms. The number of fused-ring (bicyclic) bond motifs is 4. The Hall–Kier alpha value is -1.55. The Labute approximate surface area is 147 Å². The second-order valence-electron chi connectivity index (χ2n) is 6.92. The summed E-state index contributed by atoms with van der Waals surface area (Å²) in [4.78, 5) is 18.4. The van der Waals surface area contributed by atoms with Crippen molar-refractivity contribution in [2.75, 3.05) is 5.75 Å². The van der Waals surface area contributed by atoms with Gasteiger partial charge >= 0.3 is 0 Å². The van der Waals surface area contributed by atoms with Gasteiger partial charge in [-0.25, -0.2) is 4.98 Å². The molecule has 1 aromatic heterocycles. The first-order valence-corrected chi connectivity index (χ1v) is 10.0. The van der Waals surface area contributed by atoms with Crippen LogP contribution in [-0.2, 0) is 18.4 Å². The molecule has 0 aliphatic heterocycles. The Morgan fingerprint density at radius 3 is 2.67 bits per heavy atom. The fourth-order valence-corrected chi connectivity index (χ4v) is 5.34. The lowest BCUT2D eigenvalue weighted by Crippen LogP contribution is -2.40. The number of hydrogen-bond acceptors (Lipinski definition) is 3. The highest BCUT2D eigenvalue weighted by Crippen LogP contribution is 2.49. The number of hydrogen-bond donors (Lipinski definition) is 0. The van der Waals surface area contributed by atoms with E-state index in [0.717, 1.165) is 41.4 Å². The van der Waals surface area contributed by atoms with Gasteiger partial charge in [0.15, 0.2) is 5.16 Å². The molecule has 126 valence electrons. The average molecular weight is 340 g/mol. The Kier molecular flexibility index (Phi) is 4.03. The van der Waals surface area contributed by atoms with Gasteiger partial charge in [-0.05, 0) is 37.5 Å². The van der Waals surface area contributed by atoms with Crippen LogP contribution >= 0.6 is 11.8 Å². The van der Waals surface area contributed by atoms with Crippen molar-refractivity contribution in [3.8, 4) is 11.3 Å². The normalized spacial score (nSPS) is 17.8. The monoisotopic (exact) mass is 340 g/mol. The van der Waals surface area contributed by atoms with Crippen molar-refractivity contribution in [2.24, 2.45) is 0 Å². The number of thioether (sulfide) groups is 1. The summed E-state index contributed by atoms with van der Waals surface area (Å²) in [6.45, 7) is 4.86. The van der Waals surface area contributed by atoms with E-state index in [9.17, 15) is 4.79 Å². The summed E-state index contributed by atoms with van der Waals surface area (Å²) in [5.74, 6) is 0.929. The number of nitrogens with zero attached hydrogens (tertiary/aromatic N) is 2. The number of benzene rings is 1. The van der Waals surface area contributed by atoms with Crippen LogP contribution in [0.5, 0.6) is 0 Å². The van der Waals surface area contributed by atoms with Gasteiger partial charge in [-0.2, -0.15) is 0 Å². The highest BCUT2D eigenvalue weighted by Gasteiger charge is 2.44. The first-order chi connectivity index (χ1) is 11.7. The topological polar surface area (TPSA) is 34.9 Å². The van der Waals surface area contributed by atoms with Crippen LogP contribution in [0.1, 0.15) is 50.7 Å². The van der Waals surface area contributed by atoms with Crippen LogP contribution in [0.25, 0.3) is 11.3 Å². The zero-order valence-electron chi connectivity index (χ0n) is 14.5. The largest absolute Gasteiger partial charge is 0.288 e. The fourth-order valence-electron chi connectivity index (χ4n) is 4.56. The molecule has 0 radical (unpaired) electrons. The maximum atomic E-state index is 13.4. The van der Waals surface area contributed by atoms with E-state index in [1.807, 2.05) is 11.5 Å². The minimum Gasteiger partial charge on any atom is -0.288 e. The zero-order chi connectivity index (χ0) is 16.7. The molecule has 0 atom stereocenters. The predicted molar refractivity (Wildman–Crippen MR) is 99.9 cm³/mol. The highest BCUT2D eigenvalue weighted by molar-refractivity contribution is 7.99. The zero-order valence-corrected chi connectivity index (χ0v) is 15.3. The van der Waals surface area contributed by atoms with Gasteiger partial charge in [0.25, 0.3) is 5.56 Å². The molecule has 24 heavy (non-hydrogen) atoms. The van der Waals surface area contributed by atoms with Crippen LogP contribution in [0.4, 0.5) is 0 Å². The molecule has 1 aromatic carbocycles. The maximum absolute atomic E-state index is 13.4. The molecule has 1 spiro atoms. The van der Waals surface area contributed by atoms with Crippen molar-refractivity contribution >= 4 is 11.8 Å². The standard InChI is InChI=1S/C20H24N2OS/c1-3-22-18(23)16-17(21-19(22)24-4-2)15-10-6-5-9-14(15)13-20(16)11-7-8-12-20/h5-6,9-10H,3-4,7-8,11-13H2,1-2H3. The van der Waals surface area contributed by atoms with E-state index in [4.69, 9.17) is 4.98 Å². The third-order valence-corrected chi connectivity index (χ3v) is 6.47. The molecular formula is C20H24N2OS. The van der Waals surface area contributed by atoms with Crippen molar-refractivity contribution in [3.05, 3.63) is 45.7 Å². The third kappa shape index (κ3) is 2.26. The van der Waals surface area contributed by atoms with Crippen molar-refractivity contribution < 1.29 is 0 Å². The molecule has 1 fully saturated rings. The predicted octanol–water partition coefficient (Wildman–Crippen LogP) is 4.41. The summed E-state index contributed by atoms with van der Waals surface area (Å²) in [5.41, 5.74) is 4.71. The first-order valence-electron chi connectivity index (χ1n) is 9.06. The summed E-state index contributed by atoms with van der Waals surface area (Å²) in [5, 5.41) is 0.869. The highest BCUT2D eigenvalue weighted by atomic mass is 32.2. The van der Waals surface area contributed by atoms with Crippen molar-refractivity contribution in [3.63, 3.8) is 0 Å². The van der Waals surface area contributed by atoms with E-state index in [1.54, 1.807) is 11.8 Å². The van der Waals surface area contributed by atoms with Gasteiger partial charge in [-0.3, -0.25) is 9.36 Å². The van der Waals surface area contributed by atoms with E-state index in [0.29, 0.717) is 6.54 Å². The van der Waals surface area contributed by atoms with Crippen LogP contribution < -0.4 is 5.56 Å². The van der Waals surface area contributed by atoms with Crippen molar-refractivity contribution in [1.29, 1.82) is 0 Å². The van der Waals surface area contributed by atoms with Gasteiger partial charge in [0, 0.05) is 17.5 Å². The molecule has 2 aliphatic carbocycles. The second kappa shape index (κ2) is 6.07. The van der Waals surface area contributed by atoms with Crippen molar-refractivity contribution in [1.82, 2.24) is 9.55 Å². The molecule has 2 aliphatic rings. The van der Waals surface area contributed by atoms with Crippen LogP contribution in [0, 0.1) is 0 Å². The minimum atomic E-state index is 0.0140. The summed E-state index contributed by atoms with van der Waals surface area (Å²) in [7, 11) is 0. The first kappa shape index (κ1) is 15.9. The molecular weight excluding hydrogens is 316 g/mol. The van der Waals surface area contributed by atoms with Gasteiger partial charge in [0.1, 0.15) is 0 Å².